The minimum atomic E-state index is -1.05. The largest absolute Gasteiger partial charge is 0.479 e. The van der Waals surface area contributed by atoms with E-state index < -0.39 is 23.7 Å². The number of rotatable bonds is 3. The van der Waals surface area contributed by atoms with Crippen molar-refractivity contribution in [1.29, 1.82) is 0 Å². The smallest absolute Gasteiger partial charge is 0.411 e. The Kier molecular flexibility index (Phi) is 4.39. The van der Waals surface area contributed by atoms with Gasteiger partial charge in [0.15, 0.2) is 6.04 Å². The number of aliphatic carboxylic acids is 1. The van der Waals surface area contributed by atoms with Crippen molar-refractivity contribution in [1.82, 2.24) is 4.90 Å². The highest BCUT2D eigenvalue weighted by molar-refractivity contribution is 5.84. The predicted molar refractivity (Wildman–Crippen MR) is 71.9 cm³/mol. The summed E-state index contributed by atoms with van der Waals surface area (Å²) in [5, 5.41) is 9.29. The second-order valence-electron chi connectivity index (χ2n) is 5.79. The first-order valence-electron chi connectivity index (χ1n) is 6.17. The van der Waals surface area contributed by atoms with Crippen LogP contribution in [0, 0.1) is 0 Å². The molecule has 1 aliphatic heterocycles. The molecule has 0 aromatic carbocycles. The molecule has 0 aromatic rings. The maximum absolute atomic E-state index is 12.0. The quantitative estimate of drug-likeness (QED) is 0.798. The molecule has 1 amide bonds. The molecule has 1 atom stereocenters. The molecular formula is C14H21NO4. The van der Waals surface area contributed by atoms with Crippen molar-refractivity contribution < 1.29 is 19.4 Å². The molecule has 1 N–H and O–H groups in total. The molecular weight excluding hydrogens is 246 g/mol. The zero-order valence-corrected chi connectivity index (χ0v) is 11.9. The molecule has 0 saturated carbocycles. The normalized spacial score (nSPS) is 19.1. The van der Waals surface area contributed by atoms with Gasteiger partial charge in [-0.25, -0.2) is 9.59 Å². The summed E-state index contributed by atoms with van der Waals surface area (Å²) in [4.78, 5) is 24.6. The third-order valence-corrected chi connectivity index (χ3v) is 2.58. The Morgan fingerprint density at radius 3 is 2.53 bits per heavy atom. The zero-order valence-electron chi connectivity index (χ0n) is 11.9. The highest BCUT2D eigenvalue weighted by Gasteiger charge is 2.38. The molecule has 0 bridgehead atoms. The summed E-state index contributed by atoms with van der Waals surface area (Å²) >= 11 is 0. The monoisotopic (exact) mass is 267 g/mol. The van der Waals surface area contributed by atoms with Gasteiger partial charge in [-0.05, 0) is 39.7 Å². The van der Waals surface area contributed by atoms with Crippen molar-refractivity contribution in [3.8, 4) is 0 Å². The molecule has 0 aromatic heterocycles. The van der Waals surface area contributed by atoms with Gasteiger partial charge in [0.1, 0.15) is 5.60 Å². The van der Waals surface area contributed by atoms with Gasteiger partial charge < -0.3 is 9.84 Å². The lowest BCUT2D eigenvalue weighted by Crippen LogP contribution is -2.45. The lowest BCUT2D eigenvalue weighted by atomic mass is 10.0. The van der Waals surface area contributed by atoms with Crippen LogP contribution in [0.15, 0.2) is 23.8 Å². The molecule has 1 heterocycles. The lowest BCUT2D eigenvalue weighted by Gasteiger charge is -2.28. The fraction of sp³-hybridized carbons (Fsp3) is 0.571. The summed E-state index contributed by atoms with van der Waals surface area (Å²) in [6.45, 7) is 11.1. The van der Waals surface area contributed by atoms with Gasteiger partial charge in [0.2, 0.25) is 0 Å². The van der Waals surface area contributed by atoms with Gasteiger partial charge in [0.05, 0.1) is 0 Å². The van der Waals surface area contributed by atoms with Gasteiger partial charge in [-0.3, -0.25) is 4.90 Å². The van der Waals surface area contributed by atoms with Gasteiger partial charge in [0.25, 0.3) is 0 Å². The van der Waals surface area contributed by atoms with E-state index in [0.717, 1.165) is 5.57 Å². The molecule has 0 radical (unpaired) electrons. The highest BCUT2D eigenvalue weighted by atomic mass is 16.6. The summed E-state index contributed by atoms with van der Waals surface area (Å²) in [6.07, 6.45) is 1.64. The Morgan fingerprint density at radius 1 is 1.53 bits per heavy atom. The third kappa shape index (κ3) is 4.12. The number of ether oxygens (including phenoxy) is 1. The molecule has 5 nitrogen and oxygen atoms in total. The molecule has 106 valence electrons. The van der Waals surface area contributed by atoms with Crippen molar-refractivity contribution in [2.45, 2.75) is 45.8 Å². The molecule has 1 aliphatic rings. The second-order valence-corrected chi connectivity index (χ2v) is 5.79. The molecule has 0 saturated heterocycles. The van der Waals surface area contributed by atoms with Gasteiger partial charge in [-0.2, -0.15) is 0 Å². The Bertz CT molecular complexity index is 431. The fourth-order valence-corrected chi connectivity index (χ4v) is 1.94. The summed E-state index contributed by atoms with van der Waals surface area (Å²) in [5.41, 5.74) is 0.909. The number of carboxylic acids is 1. The molecule has 19 heavy (non-hydrogen) atoms. The van der Waals surface area contributed by atoms with E-state index in [1.54, 1.807) is 26.8 Å². The van der Waals surface area contributed by atoms with E-state index in [0.29, 0.717) is 12.0 Å². The predicted octanol–water partition coefficient (Wildman–Crippen LogP) is 2.58. The second kappa shape index (κ2) is 5.47. The van der Waals surface area contributed by atoms with Gasteiger partial charge in [0, 0.05) is 6.54 Å². The van der Waals surface area contributed by atoms with E-state index in [4.69, 9.17) is 4.74 Å². The van der Waals surface area contributed by atoms with Crippen LogP contribution < -0.4 is 0 Å². The van der Waals surface area contributed by atoms with Crippen LogP contribution in [-0.4, -0.2) is 40.3 Å². The summed E-state index contributed by atoms with van der Waals surface area (Å²) in [5.74, 6) is -1.05. The van der Waals surface area contributed by atoms with Crippen molar-refractivity contribution in [2.75, 3.05) is 6.54 Å². The minimum absolute atomic E-state index is 0.258. The van der Waals surface area contributed by atoms with E-state index >= 15 is 0 Å². The van der Waals surface area contributed by atoms with E-state index in [-0.39, 0.29) is 6.54 Å². The lowest BCUT2D eigenvalue weighted by molar-refractivity contribution is -0.141. The summed E-state index contributed by atoms with van der Waals surface area (Å²) in [6, 6.07) is -0.952. The summed E-state index contributed by atoms with van der Waals surface area (Å²) in [7, 11) is 0. The van der Waals surface area contributed by atoms with Crippen LogP contribution in [-0.2, 0) is 9.53 Å². The zero-order chi connectivity index (χ0) is 14.8. The van der Waals surface area contributed by atoms with Crippen LogP contribution in [0.25, 0.3) is 0 Å². The summed E-state index contributed by atoms with van der Waals surface area (Å²) < 4.78 is 5.22. The Hall–Kier alpha value is -1.78. The number of carbonyl (C=O) groups excluding carboxylic acids is 1. The van der Waals surface area contributed by atoms with Crippen molar-refractivity contribution in [3.63, 3.8) is 0 Å². The first kappa shape index (κ1) is 15.3. The van der Waals surface area contributed by atoms with E-state index in [1.807, 2.05) is 6.92 Å². The first-order chi connectivity index (χ1) is 8.61. The van der Waals surface area contributed by atoms with Crippen LogP contribution in [0.2, 0.25) is 0 Å². The number of hydrogen-bond donors (Lipinski definition) is 1. The van der Waals surface area contributed by atoms with Crippen LogP contribution in [0.4, 0.5) is 4.79 Å². The average Bonchev–Trinajstić information content (AvgIpc) is 2.57. The molecule has 0 aliphatic carbocycles. The van der Waals surface area contributed by atoms with Crippen LogP contribution in [0.3, 0.4) is 0 Å². The van der Waals surface area contributed by atoms with Crippen molar-refractivity contribution in [2.24, 2.45) is 0 Å². The first-order valence-corrected chi connectivity index (χ1v) is 6.17. The maximum Gasteiger partial charge on any atom is 0.411 e. The number of carbonyl (C=O) groups is 2. The van der Waals surface area contributed by atoms with Crippen LogP contribution in [0.5, 0.6) is 0 Å². The van der Waals surface area contributed by atoms with E-state index in [9.17, 15) is 14.7 Å². The number of hydrogen-bond acceptors (Lipinski definition) is 3. The topological polar surface area (TPSA) is 66.8 Å². The molecule has 0 fully saturated rings. The molecule has 1 unspecified atom stereocenters. The van der Waals surface area contributed by atoms with Gasteiger partial charge in [-0.15, -0.1) is 0 Å². The van der Waals surface area contributed by atoms with Crippen LogP contribution >= 0.6 is 0 Å². The molecule has 1 rings (SSSR count). The van der Waals surface area contributed by atoms with Crippen molar-refractivity contribution in [3.05, 3.63) is 23.8 Å². The average molecular weight is 267 g/mol. The van der Waals surface area contributed by atoms with Gasteiger partial charge in [-0.1, -0.05) is 18.2 Å². The maximum atomic E-state index is 12.0. The minimum Gasteiger partial charge on any atom is -0.479 e. The highest BCUT2D eigenvalue weighted by Crippen LogP contribution is 2.26. The third-order valence-electron chi connectivity index (χ3n) is 2.58. The van der Waals surface area contributed by atoms with E-state index in [1.165, 1.54) is 4.90 Å². The fourth-order valence-electron chi connectivity index (χ4n) is 1.94. The molecule has 0 spiro atoms. The SMILES string of the molecule is C=C(C)CC1=CCN(C(=O)OC(C)(C)C)C1C(=O)O. The number of nitrogens with zero attached hydrogens (tertiary/aromatic N) is 1. The van der Waals surface area contributed by atoms with Crippen molar-refractivity contribution >= 4 is 12.1 Å². The molecule has 5 heteroatoms. The Balaban J connectivity index is 2.85. The van der Waals surface area contributed by atoms with Crippen LogP contribution in [0.1, 0.15) is 34.1 Å². The number of allylic oxidation sites excluding steroid dienone is 1. The standard InChI is InChI=1S/C14H21NO4/c1-9(2)8-10-6-7-15(11(10)12(16)17)13(18)19-14(3,4)5/h6,11H,1,7-8H2,2-5H3,(H,16,17). The number of amides is 1. The Labute approximate surface area is 113 Å². The number of carboxylic acid groups (broad SMARTS) is 1. The Morgan fingerprint density at radius 2 is 2.11 bits per heavy atom. The van der Waals surface area contributed by atoms with Gasteiger partial charge >= 0.3 is 12.1 Å². The van der Waals surface area contributed by atoms with E-state index in [2.05, 4.69) is 6.58 Å².